The summed E-state index contributed by atoms with van der Waals surface area (Å²) < 4.78 is 7.53. The summed E-state index contributed by atoms with van der Waals surface area (Å²) in [6.45, 7) is 9.27. The molecule has 1 aliphatic heterocycles. The highest BCUT2D eigenvalue weighted by atomic mass is 16.5. The smallest absolute Gasteiger partial charge is 0.255 e. The zero-order chi connectivity index (χ0) is 21.3. The molecule has 3 aromatic rings. The number of aryl methyl sites for hydroxylation is 2. The van der Waals surface area contributed by atoms with E-state index in [4.69, 9.17) is 4.74 Å². The van der Waals surface area contributed by atoms with Gasteiger partial charge in [0.25, 0.3) is 5.91 Å². The standard InChI is InChI=1S/C25H29N3O2/c1-18-8-5-6-11-24(18)28-19(2)16-23(20(28)3)25(29)27-14-12-26(13-15-27)21-9-7-10-22(17-21)30-4/h5-11,16-17H,12-15H2,1-4H3. The molecule has 0 radical (unpaired) electrons. The molecule has 0 saturated carbocycles. The van der Waals surface area contributed by atoms with Crippen LogP contribution >= 0.6 is 0 Å². The zero-order valence-electron chi connectivity index (χ0n) is 18.2. The van der Waals surface area contributed by atoms with E-state index in [-0.39, 0.29) is 5.91 Å². The van der Waals surface area contributed by atoms with Gasteiger partial charge in [-0.2, -0.15) is 0 Å². The number of methoxy groups -OCH3 is 1. The Bertz CT molecular complexity index is 1060. The van der Waals surface area contributed by atoms with Gasteiger partial charge in [0.05, 0.1) is 12.7 Å². The largest absolute Gasteiger partial charge is 0.497 e. The van der Waals surface area contributed by atoms with Crippen LogP contribution in [-0.2, 0) is 0 Å². The average Bonchev–Trinajstić information content (AvgIpc) is 3.07. The van der Waals surface area contributed by atoms with Crippen LogP contribution in [0, 0.1) is 20.8 Å². The van der Waals surface area contributed by atoms with Gasteiger partial charge in [-0.05, 0) is 50.6 Å². The number of para-hydroxylation sites is 1. The van der Waals surface area contributed by atoms with Crippen molar-refractivity contribution >= 4 is 11.6 Å². The molecule has 0 spiro atoms. The van der Waals surface area contributed by atoms with E-state index in [1.54, 1.807) is 7.11 Å². The van der Waals surface area contributed by atoms with Gasteiger partial charge in [-0.15, -0.1) is 0 Å². The molecule has 0 atom stereocenters. The van der Waals surface area contributed by atoms with Crippen LogP contribution in [0.5, 0.6) is 5.75 Å². The Labute approximate surface area is 178 Å². The third-order valence-electron chi connectivity index (χ3n) is 6.00. The lowest BCUT2D eigenvalue weighted by molar-refractivity contribution is 0.0746. The molecule has 0 aliphatic carbocycles. The number of benzene rings is 2. The van der Waals surface area contributed by atoms with Crippen LogP contribution in [0.1, 0.15) is 27.3 Å². The molecule has 30 heavy (non-hydrogen) atoms. The number of nitrogens with zero attached hydrogens (tertiary/aromatic N) is 3. The van der Waals surface area contributed by atoms with Crippen LogP contribution < -0.4 is 9.64 Å². The Hall–Kier alpha value is -3.21. The van der Waals surface area contributed by atoms with Crippen LogP contribution in [0.2, 0.25) is 0 Å². The second-order valence-electron chi connectivity index (χ2n) is 7.89. The lowest BCUT2D eigenvalue weighted by Gasteiger charge is -2.36. The number of aromatic nitrogens is 1. The van der Waals surface area contributed by atoms with Crippen molar-refractivity contribution in [2.75, 3.05) is 38.2 Å². The quantitative estimate of drug-likeness (QED) is 0.649. The van der Waals surface area contributed by atoms with Crippen molar-refractivity contribution in [1.82, 2.24) is 9.47 Å². The maximum atomic E-state index is 13.3. The number of ether oxygens (including phenoxy) is 1. The molecule has 1 saturated heterocycles. The average molecular weight is 404 g/mol. The Morgan fingerprint density at radius 1 is 0.900 bits per heavy atom. The first kappa shape index (κ1) is 20.1. The van der Waals surface area contributed by atoms with Gasteiger partial charge in [0.1, 0.15) is 5.75 Å². The van der Waals surface area contributed by atoms with Gasteiger partial charge in [-0.25, -0.2) is 0 Å². The number of rotatable bonds is 4. The Balaban J connectivity index is 1.51. The van der Waals surface area contributed by atoms with Gasteiger partial charge in [0.2, 0.25) is 0 Å². The summed E-state index contributed by atoms with van der Waals surface area (Å²) in [5, 5.41) is 0. The number of hydrogen-bond donors (Lipinski definition) is 0. The monoisotopic (exact) mass is 403 g/mol. The molecule has 5 nitrogen and oxygen atoms in total. The van der Waals surface area contributed by atoms with Gasteiger partial charge in [-0.3, -0.25) is 4.79 Å². The SMILES string of the molecule is COc1cccc(N2CCN(C(=O)c3cc(C)n(-c4ccccc4C)c3C)CC2)c1. The van der Waals surface area contributed by atoms with Crippen LogP contribution in [0.3, 0.4) is 0 Å². The first-order valence-electron chi connectivity index (χ1n) is 10.4. The number of anilines is 1. The molecule has 0 bridgehead atoms. The van der Waals surface area contributed by atoms with E-state index >= 15 is 0 Å². The molecule has 1 fully saturated rings. The van der Waals surface area contributed by atoms with Crippen molar-refractivity contribution in [2.45, 2.75) is 20.8 Å². The van der Waals surface area contributed by atoms with E-state index < -0.39 is 0 Å². The van der Waals surface area contributed by atoms with Crippen molar-refractivity contribution in [2.24, 2.45) is 0 Å². The summed E-state index contributed by atoms with van der Waals surface area (Å²) in [5.74, 6) is 0.975. The van der Waals surface area contributed by atoms with E-state index in [0.29, 0.717) is 13.1 Å². The maximum absolute atomic E-state index is 13.3. The van der Waals surface area contributed by atoms with Crippen molar-refractivity contribution in [3.05, 3.63) is 77.1 Å². The van der Waals surface area contributed by atoms with Crippen molar-refractivity contribution in [1.29, 1.82) is 0 Å². The molecule has 0 N–H and O–H groups in total. The minimum absolute atomic E-state index is 0.119. The topological polar surface area (TPSA) is 37.7 Å². The van der Waals surface area contributed by atoms with Gasteiger partial charge in [-0.1, -0.05) is 24.3 Å². The van der Waals surface area contributed by atoms with Crippen molar-refractivity contribution in [3.63, 3.8) is 0 Å². The number of piperazine rings is 1. The summed E-state index contributed by atoms with van der Waals surface area (Å²) in [5.41, 5.74) is 6.35. The van der Waals surface area contributed by atoms with Gasteiger partial charge in [0, 0.05) is 55.0 Å². The molecule has 0 unspecified atom stereocenters. The number of hydrogen-bond acceptors (Lipinski definition) is 3. The predicted octanol–water partition coefficient (Wildman–Crippen LogP) is 4.37. The van der Waals surface area contributed by atoms with Gasteiger partial charge >= 0.3 is 0 Å². The molecule has 5 heteroatoms. The van der Waals surface area contributed by atoms with Crippen molar-refractivity contribution < 1.29 is 9.53 Å². The number of carbonyl (C=O) groups excluding carboxylic acids is 1. The molecular formula is C25H29N3O2. The first-order valence-corrected chi connectivity index (χ1v) is 10.4. The molecule has 1 aromatic heterocycles. The van der Waals surface area contributed by atoms with Crippen LogP contribution in [0.25, 0.3) is 5.69 Å². The minimum atomic E-state index is 0.119. The van der Waals surface area contributed by atoms with Crippen molar-refractivity contribution in [3.8, 4) is 11.4 Å². The van der Waals surface area contributed by atoms with Crippen LogP contribution in [0.15, 0.2) is 54.6 Å². The molecule has 2 aromatic carbocycles. The molecular weight excluding hydrogens is 374 g/mol. The third kappa shape index (κ3) is 3.67. The van der Waals surface area contributed by atoms with E-state index in [0.717, 1.165) is 47.2 Å². The number of carbonyl (C=O) groups is 1. The highest BCUT2D eigenvalue weighted by Gasteiger charge is 2.26. The van der Waals surface area contributed by atoms with E-state index in [2.05, 4.69) is 41.5 Å². The highest BCUT2D eigenvalue weighted by molar-refractivity contribution is 5.96. The molecule has 1 amide bonds. The predicted molar refractivity (Wildman–Crippen MR) is 121 cm³/mol. The fraction of sp³-hybridized carbons (Fsp3) is 0.320. The first-order chi connectivity index (χ1) is 14.5. The molecule has 2 heterocycles. The molecule has 4 rings (SSSR count). The number of amides is 1. The highest BCUT2D eigenvalue weighted by Crippen LogP contribution is 2.26. The lowest BCUT2D eigenvalue weighted by atomic mass is 10.1. The summed E-state index contributed by atoms with van der Waals surface area (Å²) >= 11 is 0. The summed E-state index contributed by atoms with van der Waals surface area (Å²) in [7, 11) is 1.68. The molecule has 1 aliphatic rings. The van der Waals surface area contributed by atoms with Gasteiger partial charge < -0.3 is 19.1 Å². The summed E-state index contributed by atoms with van der Waals surface area (Å²) in [6, 6.07) is 18.4. The van der Waals surface area contributed by atoms with E-state index in [1.807, 2.05) is 48.2 Å². The normalized spacial score (nSPS) is 14.1. The maximum Gasteiger partial charge on any atom is 0.255 e. The third-order valence-corrected chi connectivity index (χ3v) is 6.00. The van der Waals surface area contributed by atoms with E-state index in [1.165, 1.54) is 5.56 Å². The van der Waals surface area contributed by atoms with Crippen LogP contribution in [0.4, 0.5) is 5.69 Å². The lowest BCUT2D eigenvalue weighted by Crippen LogP contribution is -2.48. The second kappa shape index (κ2) is 8.27. The van der Waals surface area contributed by atoms with Crippen LogP contribution in [-0.4, -0.2) is 48.7 Å². The van der Waals surface area contributed by atoms with E-state index in [9.17, 15) is 4.79 Å². The Kier molecular flexibility index (Phi) is 5.53. The fourth-order valence-electron chi connectivity index (χ4n) is 4.31. The molecule has 156 valence electrons. The minimum Gasteiger partial charge on any atom is -0.497 e. The summed E-state index contributed by atoms with van der Waals surface area (Å²) in [4.78, 5) is 17.6. The zero-order valence-corrected chi connectivity index (χ0v) is 18.2. The Morgan fingerprint density at radius 2 is 1.63 bits per heavy atom. The fourth-order valence-corrected chi connectivity index (χ4v) is 4.31. The van der Waals surface area contributed by atoms with Gasteiger partial charge in [0.15, 0.2) is 0 Å². The second-order valence-corrected chi connectivity index (χ2v) is 7.89. The Morgan fingerprint density at radius 3 is 2.33 bits per heavy atom. The summed E-state index contributed by atoms with van der Waals surface area (Å²) in [6.07, 6.45) is 0.